The van der Waals surface area contributed by atoms with Gasteiger partial charge in [-0.25, -0.2) is 4.79 Å². The van der Waals surface area contributed by atoms with Crippen molar-refractivity contribution in [2.45, 2.75) is 0 Å². The molecule has 4 heteroatoms. The first-order valence-electron chi connectivity index (χ1n) is 2.63. The summed E-state index contributed by atoms with van der Waals surface area (Å²) in [5.74, 6) is 0.142. The van der Waals surface area contributed by atoms with Gasteiger partial charge in [0.05, 0.1) is 25.6 Å². The van der Waals surface area contributed by atoms with Gasteiger partial charge in [0, 0.05) is 0 Å². The van der Waals surface area contributed by atoms with Crippen LogP contribution in [0.15, 0.2) is 11.8 Å². The quantitative estimate of drug-likeness (QED) is 0.302. The third-order valence-corrected chi connectivity index (χ3v) is 1.43. The van der Waals surface area contributed by atoms with E-state index in [1.165, 1.54) is 20.3 Å². The van der Waals surface area contributed by atoms with E-state index in [0.29, 0.717) is 11.1 Å². The lowest BCUT2D eigenvalue weighted by molar-refractivity contribution is -0.135. The Balaban J connectivity index is 3.96. The summed E-state index contributed by atoms with van der Waals surface area (Å²) >= 11 is 3.13. The molecule has 0 radical (unpaired) electrons. The van der Waals surface area contributed by atoms with Crippen LogP contribution in [0.1, 0.15) is 0 Å². The number of allylic oxidation sites excluding steroid dienone is 1. The minimum Gasteiger partial charge on any atom is -0.500 e. The third kappa shape index (κ3) is 3.50. The number of halogens is 1. The van der Waals surface area contributed by atoms with E-state index in [0.717, 1.165) is 0 Å². The van der Waals surface area contributed by atoms with Gasteiger partial charge in [-0.15, -0.1) is 0 Å². The van der Waals surface area contributed by atoms with Crippen molar-refractivity contribution in [1.82, 2.24) is 0 Å². The van der Waals surface area contributed by atoms with Gasteiger partial charge in [-0.1, -0.05) is 15.9 Å². The van der Waals surface area contributed by atoms with E-state index >= 15 is 0 Å². The smallest absolute Gasteiger partial charge is 0.333 e. The molecule has 0 aliphatic carbocycles. The molecule has 58 valence electrons. The van der Waals surface area contributed by atoms with E-state index in [-0.39, 0.29) is 0 Å². The highest BCUT2D eigenvalue weighted by molar-refractivity contribution is 9.09. The van der Waals surface area contributed by atoms with Crippen molar-refractivity contribution in [2.75, 3.05) is 19.5 Å². The summed E-state index contributed by atoms with van der Waals surface area (Å²) in [5, 5.41) is 0.513. The Hall–Kier alpha value is -0.510. The predicted molar refractivity (Wildman–Crippen MR) is 40.9 cm³/mol. The van der Waals surface area contributed by atoms with Gasteiger partial charge in [0.2, 0.25) is 0 Å². The number of alkyl halides is 1. The molecule has 0 aromatic rings. The van der Waals surface area contributed by atoms with E-state index in [1.54, 1.807) is 0 Å². The average molecular weight is 209 g/mol. The van der Waals surface area contributed by atoms with Gasteiger partial charge in [-0.05, 0) is 0 Å². The molecule has 0 heterocycles. The van der Waals surface area contributed by atoms with Crippen LogP contribution in [0.5, 0.6) is 0 Å². The summed E-state index contributed by atoms with van der Waals surface area (Å²) in [6.07, 6.45) is 1.29. The second-order valence-corrected chi connectivity index (χ2v) is 2.03. The van der Waals surface area contributed by atoms with Gasteiger partial charge in [0.25, 0.3) is 0 Å². The van der Waals surface area contributed by atoms with E-state index < -0.39 is 5.97 Å². The fraction of sp³-hybridized carbons (Fsp3) is 0.500. The van der Waals surface area contributed by atoms with Gasteiger partial charge in [-0.3, -0.25) is 0 Å². The van der Waals surface area contributed by atoms with Gasteiger partial charge in [-0.2, -0.15) is 0 Å². The number of carbonyl (C=O) groups excluding carboxylic acids is 1. The van der Waals surface area contributed by atoms with Crippen molar-refractivity contribution < 1.29 is 14.3 Å². The van der Waals surface area contributed by atoms with Gasteiger partial charge < -0.3 is 9.47 Å². The fourth-order valence-corrected chi connectivity index (χ4v) is 0.733. The molecule has 0 saturated heterocycles. The van der Waals surface area contributed by atoms with Crippen molar-refractivity contribution in [3.63, 3.8) is 0 Å². The van der Waals surface area contributed by atoms with Crippen molar-refractivity contribution >= 4 is 21.9 Å². The van der Waals surface area contributed by atoms with Crippen LogP contribution in [0, 0.1) is 0 Å². The van der Waals surface area contributed by atoms with Crippen LogP contribution < -0.4 is 0 Å². The van der Waals surface area contributed by atoms with E-state index in [2.05, 4.69) is 20.7 Å². The van der Waals surface area contributed by atoms with Gasteiger partial charge in [0.1, 0.15) is 5.76 Å². The number of hydrogen-bond donors (Lipinski definition) is 0. The van der Waals surface area contributed by atoms with E-state index in [4.69, 9.17) is 4.74 Å². The fourth-order valence-electron chi connectivity index (χ4n) is 0.342. The predicted octanol–water partition coefficient (Wildman–Crippen LogP) is 1.08. The molecular weight excluding hydrogens is 200 g/mol. The van der Waals surface area contributed by atoms with Crippen LogP contribution in [-0.2, 0) is 14.3 Å². The van der Waals surface area contributed by atoms with E-state index in [1.807, 2.05) is 0 Å². The summed E-state index contributed by atoms with van der Waals surface area (Å²) < 4.78 is 9.15. The SMILES string of the molecule is COC(=O)/C=C(\CBr)OC. The number of ether oxygens (including phenoxy) is 2. The highest BCUT2D eigenvalue weighted by Crippen LogP contribution is 1.99. The van der Waals surface area contributed by atoms with Crippen LogP contribution in [0.4, 0.5) is 0 Å². The highest BCUT2D eigenvalue weighted by atomic mass is 79.9. The molecule has 0 unspecified atom stereocenters. The normalized spacial score (nSPS) is 10.9. The summed E-state index contributed by atoms with van der Waals surface area (Å²) in [6.45, 7) is 0. The average Bonchev–Trinajstić information content (AvgIpc) is 1.99. The molecular formula is C6H9BrO3. The lowest BCUT2D eigenvalue weighted by Crippen LogP contribution is -1.99. The molecule has 0 aliphatic heterocycles. The maximum Gasteiger partial charge on any atom is 0.333 e. The summed E-state index contributed by atoms with van der Waals surface area (Å²) in [5.41, 5.74) is 0. The minimum atomic E-state index is -0.406. The Morgan fingerprint density at radius 2 is 2.10 bits per heavy atom. The first-order chi connectivity index (χ1) is 4.74. The summed E-state index contributed by atoms with van der Waals surface area (Å²) in [7, 11) is 2.82. The van der Waals surface area contributed by atoms with Crippen LogP contribution in [-0.4, -0.2) is 25.5 Å². The topological polar surface area (TPSA) is 35.5 Å². The number of esters is 1. The first-order valence-corrected chi connectivity index (χ1v) is 3.75. The van der Waals surface area contributed by atoms with Crippen molar-refractivity contribution in [3.8, 4) is 0 Å². The van der Waals surface area contributed by atoms with Gasteiger partial charge >= 0.3 is 5.97 Å². The standard InChI is InChI=1S/C6H9BrO3/c1-9-5(4-7)3-6(8)10-2/h3H,4H2,1-2H3/b5-3+. The Morgan fingerprint density at radius 3 is 2.40 bits per heavy atom. The number of carbonyl (C=O) groups is 1. The van der Waals surface area contributed by atoms with E-state index in [9.17, 15) is 4.79 Å². The Labute approximate surface area is 68.1 Å². The molecule has 0 aliphatic rings. The second kappa shape index (κ2) is 5.29. The van der Waals surface area contributed by atoms with Crippen LogP contribution in [0.25, 0.3) is 0 Å². The minimum absolute atomic E-state index is 0.406. The third-order valence-electron chi connectivity index (χ3n) is 0.874. The Morgan fingerprint density at radius 1 is 1.50 bits per heavy atom. The largest absolute Gasteiger partial charge is 0.500 e. The molecule has 0 bridgehead atoms. The van der Waals surface area contributed by atoms with Crippen LogP contribution in [0.2, 0.25) is 0 Å². The lowest BCUT2D eigenvalue weighted by atomic mass is 10.5. The molecule has 0 spiro atoms. The Bertz CT molecular complexity index is 136. The number of rotatable bonds is 3. The molecule has 0 atom stereocenters. The summed E-state index contributed by atoms with van der Waals surface area (Å²) in [6, 6.07) is 0. The molecule has 0 aromatic heterocycles. The highest BCUT2D eigenvalue weighted by Gasteiger charge is 1.98. The molecule has 0 N–H and O–H groups in total. The molecule has 10 heavy (non-hydrogen) atoms. The Kier molecular flexibility index (Phi) is 5.02. The zero-order valence-electron chi connectivity index (χ0n) is 5.89. The zero-order chi connectivity index (χ0) is 7.98. The summed E-state index contributed by atoms with van der Waals surface area (Å²) in [4.78, 5) is 10.5. The molecule has 0 fully saturated rings. The first kappa shape index (κ1) is 9.49. The second-order valence-electron chi connectivity index (χ2n) is 1.47. The van der Waals surface area contributed by atoms with Crippen molar-refractivity contribution in [1.29, 1.82) is 0 Å². The molecule has 3 nitrogen and oxygen atoms in total. The maximum atomic E-state index is 10.5. The van der Waals surface area contributed by atoms with Crippen molar-refractivity contribution in [2.24, 2.45) is 0 Å². The van der Waals surface area contributed by atoms with Crippen LogP contribution in [0.3, 0.4) is 0 Å². The monoisotopic (exact) mass is 208 g/mol. The van der Waals surface area contributed by atoms with Crippen LogP contribution >= 0.6 is 15.9 Å². The molecule has 0 amide bonds. The molecule has 0 rings (SSSR count). The molecule has 0 aromatic carbocycles. The molecule has 0 saturated carbocycles. The number of hydrogen-bond acceptors (Lipinski definition) is 3. The maximum absolute atomic E-state index is 10.5. The lowest BCUT2D eigenvalue weighted by Gasteiger charge is -1.99. The van der Waals surface area contributed by atoms with Gasteiger partial charge in [0.15, 0.2) is 0 Å². The zero-order valence-corrected chi connectivity index (χ0v) is 7.47. The number of methoxy groups -OCH3 is 2. The van der Waals surface area contributed by atoms with Crippen molar-refractivity contribution in [3.05, 3.63) is 11.8 Å².